The van der Waals surface area contributed by atoms with Crippen LogP contribution in [-0.2, 0) is 27.2 Å². The number of phosphoric acid groups is 2. The molecule has 0 heterocycles. The van der Waals surface area contributed by atoms with Crippen molar-refractivity contribution < 1.29 is 37.0 Å². The molecule has 0 rings (SSSR count). The second-order valence-corrected chi connectivity index (χ2v) is 7.08. The molecule has 0 aliphatic rings. The predicted molar refractivity (Wildman–Crippen MR) is 68.6 cm³/mol. The number of hydrogen-bond donors (Lipinski definition) is 2. The first kappa shape index (κ1) is 19.2. The maximum atomic E-state index is 11.3. The van der Waals surface area contributed by atoms with Crippen molar-refractivity contribution in [3.8, 4) is 0 Å². The second-order valence-electron chi connectivity index (χ2n) is 4.27. The Balaban J connectivity index is 3.82. The van der Waals surface area contributed by atoms with Crippen LogP contribution in [0.15, 0.2) is 0 Å². The summed E-state index contributed by atoms with van der Waals surface area (Å²) in [4.78, 5) is 18.4. The van der Waals surface area contributed by atoms with Crippen molar-refractivity contribution in [3.05, 3.63) is 0 Å². The maximum Gasteiger partial charge on any atom is 0.472 e. The van der Waals surface area contributed by atoms with Crippen molar-refractivity contribution in [2.75, 3.05) is 13.2 Å². The first-order valence-electron chi connectivity index (χ1n) is 5.85. The Bertz CT molecular complexity index is 311. The van der Waals surface area contributed by atoms with Gasteiger partial charge in [-0.05, 0) is 34.1 Å². The van der Waals surface area contributed by atoms with Gasteiger partial charge in [0.15, 0.2) is 0 Å². The van der Waals surface area contributed by atoms with Gasteiger partial charge in [-0.3, -0.25) is 18.1 Å². The Morgan fingerprint density at radius 2 is 1.16 bits per heavy atom. The fraction of sp³-hybridized carbons (Fsp3) is 1.00. The van der Waals surface area contributed by atoms with Crippen molar-refractivity contribution in [2.45, 2.75) is 46.3 Å². The SMILES string of the molecule is CC(C)OP(=O)(O)OCCCOP(=O)(O)OC(C)C. The van der Waals surface area contributed by atoms with Crippen LogP contribution in [0.1, 0.15) is 34.1 Å². The van der Waals surface area contributed by atoms with E-state index in [0.717, 1.165) is 0 Å². The van der Waals surface area contributed by atoms with E-state index in [0.29, 0.717) is 0 Å². The highest BCUT2D eigenvalue weighted by atomic mass is 31.2. The van der Waals surface area contributed by atoms with Crippen LogP contribution in [0.4, 0.5) is 0 Å². The van der Waals surface area contributed by atoms with E-state index in [2.05, 4.69) is 18.1 Å². The molecule has 0 saturated carbocycles. The lowest BCUT2D eigenvalue weighted by Crippen LogP contribution is -2.06. The Morgan fingerprint density at radius 3 is 1.42 bits per heavy atom. The molecule has 19 heavy (non-hydrogen) atoms. The van der Waals surface area contributed by atoms with Gasteiger partial charge in [0.1, 0.15) is 0 Å². The third kappa shape index (κ3) is 11.7. The van der Waals surface area contributed by atoms with E-state index in [1.54, 1.807) is 27.7 Å². The summed E-state index contributed by atoms with van der Waals surface area (Å²) in [6, 6.07) is 0. The largest absolute Gasteiger partial charge is 0.472 e. The summed E-state index contributed by atoms with van der Waals surface area (Å²) in [6.45, 7) is 6.12. The van der Waals surface area contributed by atoms with Gasteiger partial charge >= 0.3 is 15.6 Å². The molecule has 0 aliphatic carbocycles. The minimum Gasteiger partial charge on any atom is -0.302 e. The van der Waals surface area contributed by atoms with Crippen LogP contribution >= 0.6 is 15.6 Å². The predicted octanol–water partition coefficient (Wildman–Crippen LogP) is 2.46. The average molecular weight is 320 g/mol. The van der Waals surface area contributed by atoms with Crippen LogP contribution in [0.25, 0.3) is 0 Å². The zero-order valence-corrected chi connectivity index (χ0v) is 13.3. The van der Waals surface area contributed by atoms with Gasteiger partial charge in [-0.15, -0.1) is 0 Å². The zero-order valence-electron chi connectivity index (χ0n) is 11.5. The van der Waals surface area contributed by atoms with Gasteiger partial charge < -0.3 is 9.79 Å². The third-order valence-corrected chi connectivity index (χ3v) is 3.88. The van der Waals surface area contributed by atoms with E-state index in [-0.39, 0.29) is 19.6 Å². The standard InChI is InChI=1S/C9H22O8P2/c1-8(2)16-18(10,11)14-6-5-7-15-19(12,13)17-9(3)4/h8-9H,5-7H2,1-4H3,(H,10,11)(H,12,13). The molecule has 0 aromatic rings. The molecule has 116 valence electrons. The van der Waals surface area contributed by atoms with Crippen LogP contribution in [0.2, 0.25) is 0 Å². The highest BCUT2D eigenvalue weighted by Gasteiger charge is 2.24. The van der Waals surface area contributed by atoms with Crippen molar-refractivity contribution in [1.29, 1.82) is 0 Å². The molecule has 0 aromatic heterocycles. The van der Waals surface area contributed by atoms with Gasteiger partial charge in [-0.1, -0.05) is 0 Å². The van der Waals surface area contributed by atoms with Gasteiger partial charge in [0.25, 0.3) is 0 Å². The molecule has 0 amide bonds. The first-order chi connectivity index (χ1) is 8.54. The maximum absolute atomic E-state index is 11.3. The molecular formula is C9H22O8P2. The zero-order chi connectivity index (χ0) is 15.1. The van der Waals surface area contributed by atoms with Gasteiger partial charge in [-0.2, -0.15) is 0 Å². The number of hydrogen-bond acceptors (Lipinski definition) is 6. The third-order valence-electron chi connectivity index (χ3n) is 1.49. The van der Waals surface area contributed by atoms with Gasteiger partial charge in [0.05, 0.1) is 25.4 Å². The molecule has 10 heteroatoms. The summed E-state index contributed by atoms with van der Waals surface area (Å²) in [5.74, 6) is 0. The van der Waals surface area contributed by atoms with Gasteiger partial charge in [0, 0.05) is 0 Å². The summed E-state index contributed by atoms with van der Waals surface area (Å²) in [5.41, 5.74) is 0. The van der Waals surface area contributed by atoms with E-state index in [1.807, 2.05) is 0 Å². The monoisotopic (exact) mass is 320 g/mol. The van der Waals surface area contributed by atoms with Crippen LogP contribution in [0.5, 0.6) is 0 Å². The van der Waals surface area contributed by atoms with Gasteiger partial charge in [0.2, 0.25) is 0 Å². The van der Waals surface area contributed by atoms with Crippen LogP contribution in [0.3, 0.4) is 0 Å². The molecule has 8 nitrogen and oxygen atoms in total. The van der Waals surface area contributed by atoms with Crippen molar-refractivity contribution in [2.24, 2.45) is 0 Å². The molecule has 0 aromatic carbocycles. The van der Waals surface area contributed by atoms with E-state index in [1.165, 1.54) is 0 Å². The Kier molecular flexibility index (Phi) is 8.59. The molecule has 0 saturated heterocycles. The summed E-state index contributed by atoms with van der Waals surface area (Å²) < 4.78 is 41.1. The molecule has 0 fully saturated rings. The van der Waals surface area contributed by atoms with E-state index in [9.17, 15) is 18.9 Å². The van der Waals surface area contributed by atoms with E-state index in [4.69, 9.17) is 0 Å². The Morgan fingerprint density at radius 1 is 0.842 bits per heavy atom. The summed E-state index contributed by atoms with van der Waals surface area (Å²) in [5, 5.41) is 0. The minimum absolute atomic E-state index is 0.137. The molecule has 2 N–H and O–H groups in total. The van der Waals surface area contributed by atoms with Gasteiger partial charge in [-0.25, -0.2) is 9.13 Å². The summed E-state index contributed by atoms with van der Waals surface area (Å²) >= 11 is 0. The molecule has 0 aliphatic heterocycles. The van der Waals surface area contributed by atoms with Crippen molar-refractivity contribution in [1.82, 2.24) is 0 Å². The Labute approximate surface area is 113 Å². The Hall–Kier alpha value is 0.220. The highest BCUT2D eigenvalue weighted by Crippen LogP contribution is 2.46. The van der Waals surface area contributed by atoms with Crippen LogP contribution in [-0.4, -0.2) is 35.2 Å². The van der Waals surface area contributed by atoms with Crippen LogP contribution in [0, 0.1) is 0 Å². The van der Waals surface area contributed by atoms with E-state index >= 15 is 0 Å². The topological polar surface area (TPSA) is 112 Å². The fourth-order valence-electron chi connectivity index (χ4n) is 1.01. The van der Waals surface area contributed by atoms with Crippen molar-refractivity contribution >= 4 is 15.6 Å². The smallest absolute Gasteiger partial charge is 0.302 e. The second kappa shape index (κ2) is 8.49. The fourth-order valence-corrected chi connectivity index (χ4v) is 2.92. The molecule has 2 unspecified atom stereocenters. The summed E-state index contributed by atoms with van der Waals surface area (Å²) in [7, 11) is -8.14. The molecular weight excluding hydrogens is 298 g/mol. The number of phosphoric ester groups is 2. The molecule has 0 bridgehead atoms. The molecule has 0 spiro atoms. The number of rotatable bonds is 10. The highest BCUT2D eigenvalue weighted by molar-refractivity contribution is 7.47. The summed E-state index contributed by atoms with van der Waals surface area (Å²) in [6.07, 6.45) is -0.730. The lowest BCUT2D eigenvalue weighted by molar-refractivity contribution is 0.101. The van der Waals surface area contributed by atoms with Crippen molar-refractivity contribution in [3.63, 3.8) is 0 Å². The molecule has 0 radical (unpaired) electrons. The first-order valence-corrected chi connectivity index (χ1v) is 8.84. The molecule has 2 atom stereocenters. The lowest BCUT2D eigenvalue weighted by atomic mass is 10.5. The normalized spacial score (nSPS) is 18.5. The average Bonchev–Trinajstić information content (AvgIpc) is 2.11. The van der Waals surface area contributed by atoms with E-state index < -0.39 is 27.9 Å². The van der Waals surface area contributed by atoms with Crippen LogP contribution < -0.4 is 0 Å². The lowest BCUT2D eigenvalue weighted by Gasteiger charge is -2.16. The minimum atomic E-state index is -4.07. The quantitative estimate of drug-likeness (QED) is 0.466.